The first-order valence-electron chi connectivity index (χ1n) is 8.25. The molecule has 0 unspecified atom stereocenters. The van der Waals surface area contributed by atoms with Gasteiger partial charge < -0.3 is 10.6 Å². The van der Waals surface area contributed by atoms with Crippen LogP contribution >= 0.6 is 0 Å². The summed E-state index contributed by atoms with van der Waals surface area (Å²) in [7, 11) is 0. The minimum atomic E-state index is -0.215. The Hall–Kier alpha value is -3.54. The molecule has 128 valence electrons. The molecule has 1 aromatic heterocycles. The van der Waals surface area contributed by atoms with Gasteiger partial charge >= 0.3 is 0 Å². The van der Waals surface area contributed by atoms with Crippen LogP contribution in [-0.4, -0.2) is 21.8 Å². The van der Waals surface area contributed by atoms with Crippen LogP contribution in [0.5, 0.6) is 0 Å². The van der Waals surface area contributed by atoms with Crippen LogP contribution in [0.3, 0.4) is 0 Å². The van der Waals surface area contributed by atoms with E-state index in [1.165, 1.54) is 6.33 Å². The highest BCUT2D eigenvalue weighted by Crippen LogP contribution is 2.27. The highest BCUT2D eigenvalue weighted by atomic mass is 16.2. The van der Waals surface area contributed by atoms with Crippen LogP contribution in [0, 0.1) is 0 Å². The molecular weight excluding hydrogens is 328 g/mol. The fraction of sp³-hybridized carbons (Fsp3) is 0.100. The topological polar surface area (TPSA) is 84.0 Å². The Morgan fingerprint density at radius 2 is 1.88 bits per heavy atom. The molecule has 0 radical (unpaired) electrons. The highest BCUT2D eigenvalue weighted by Gasteiger charge is 2.19. The molecule has 6 heteroatoms. The molecule has 4 rings (SSSR count). The molecule has 1 aliphatic rings. The predicted molar refractivity (Wildman–Crippen MR) is 96.8 cm³/mol. The number of hydrogen-bond acceptors (Lipinski definition) is 4. The summed E-state index contributed by atoms with van der Waals surface area (Å²) < 4.78 is 0. The maximum absolute atomic E-state index is 12.4. The Balaban J connectivity index is 1.55. The predicted octanol–water partition coefficient (Wildman–Crippen LogP) is 2.56. The molecule has 26 heavy (non-hydrogen) atoms. The van der Waals surface area contributed by atoms with Gasteiger partial charge in [-0.3, -0.25) is 9.59 Å². The van der Waals surface area contributed by atoms with Crippen molar-refractivity contribution in [1.29, 1.82) is 0 Å². The molecule has 6 nitrogen and oxygen atoms in total. The summed E-state index contributed by atoms with van der Waals surface area (Å²) in [5.74, 6) is -0.369. The van der Waals surface area contributed by atoms with Crippen molar-refractivity contribution in [3.8, 4) is 0 Å². The molecule has 0 aliphatic carbocycles. The number of carbonyl (C=O) groups excluding carboxylic acids is 2. The first-order chi connectivity index (χ1) is 12.7. The average Bonchev–Trinajstić information content (AvgIpc) is 2.82. The van der Waals surface area contributed by atoms with Crippen LogP contribution in [0.2, 0.25) is 0 Å². The van der Waals surface area contributed by atoms with Crippen LogP contribution < -0.4 is 10.6 Å². The normalized spacial score (nSPS) is 12.4. The van der Waals surface area contributed by atoms with E-state index in [4.69, 9.17) is 0 Å². The van der Waals surface area contributed by atoms with Crippen molar-refractivity contribution in [3.63, 3.8) is 0 Å². The Kier molecular flexibility index (Phi) is 4.15. The Labute approximate surface area is 150 Å². The van der Waals surface area contributed by atoms with Crippen molar-refractivity contribution < 1.29 is 9.59 Å². The molecule has 2 N–H and O–H groups in total. The van der Waals surface area contributed by atoms with Gasteiger partial charge in [-0.1, -0.05) is 24.3 Å². The quantitative estimate of drug-likeness (QED) is 0.765. The van der Waals surface area contributed by atoms with Gasteiger partial charge in [-0.05, 0) is 29.3 Å². The minimum Gasteiger partial charge on any atom is -0.348 e. The summed E-state index contributed by atoms with van der Waals surface area (Å²) in [4.78, 5) is 32.7. The van der Waals surface area contributed by atoms with Gasteiger partial charge in [0.25, 0.3) is 11.8 Å². The van der Waals surface area contributed by atoms with Crippen molar-refractivity contribution in [1.82, 2.24) is 15.3 Å². The maximum atomic E-state index is 12.4. The lowest BCUT2D eigenvalue weighted by Crippen LogP contribution is -2.23. The third-order valence-electron chi connectivity index (χ3n) is 4.33. The van der Waals surface area contributed by atoms with E-state index in [0.29, 0.717) is 29.8 Å². The number of fused-ring (bicyclic) bond motifs is 2. The van der Waals surface area contributed by atoms with Gasteiger partial charge in [0.2, 0.25) is 0 Å². The lowest BCUT2D eigenvalue weighted by molar-refractivity contribution is 0.0949. The van der Waals surface area contributed by atoms with Crippen molar-refractivity contribution in [2.24, 2.45) is 0 Å². The monoisotopic (exact) mass is 344 g/mol. The number of nitrogens with zero attached hydrogens (tertiary/aromatic N) is 2. The van der Waals surface area contributed by atoms with Gasteiger partial charge in [0.05, 0.1) is 0 Å². The number of aromatic nitrogens is 2. The summed E-state index contributed by atoms with van der Waals surface area (Å²) in [5.41, 5.74) is 4.60. The summed E-state index contributed by atoms with van der Waals surface area (Å²) in [6.07, 6.45) is 5.40. The van der Waals surface area contributed by atoms with Crippen LogP contribution in [0.1, 0.15) is 37.4 Å². The van der Waals surface area contributed by atoms with E-state index in [2.05, 4.69) is 20.6 Å². The first-order valence-corrected chi connectivity index (χ1v) is 8.25. The smallest absolute Gasteiger partial charge is 0.255 e. The van der Waals surface area contributed by atoms with Gasteiger partial charge in [0, 0.05) is 47.7 Å². The number of rotatable bonds is 3. The molecule has 0 fully saturated rings. The van der Waals surface area contributed by atoms with E-state index in [1.807, 2.05) is 30.3 Å². The lowest BCUT2D eigenvalue weighted by Gasteiger charge is -2.10. The largest absolute Gasteiger partial charge is 0.348 e. The van der Waals surface area contributed by atoms with E-state index >= 15 is 0 Å². The molecular formula is C20H16N4O2. The zero-order chi connectivity index (χ0) is 17.9. The van der Waals surface area contributed by atoms with Crippen LogP contribution in [0.15, 0.2) is 61.2 Å². The van der Waals surface area contributed by atoms with E-state index in [1.54, 1.807) is 24.5 Å². The molecule has 0 bridgehead atoms. The van der Waals surface area contributed by atoms with Crippen LogP contribution in [0.25, 0.3) is 0 Å². The van der Waals surface area contributed by atoms with Crippen molar-refractivity contribution in [2.45, 2.75) is 13.0 Å². The van der Waals surface area contributed by atoms with E-state index < -0.39 is 0 Å². The number of hydrogen-bond donors (Lipinski definition) is 2. The second kappa shape index (κ2) is 6.76. The molecule has 1 aliphatic heterocycles. The average molecular weight is 344 g/mol. The third-order valence-corrected chi connectivity index (χ3v) is 4.33. The van der Waals surface area contributed by atoms with Crippen molar-refractivity contribution in [3.05, 3.63) is 89.0 Å². The van der Waals surface area contributed by atoms with Gasteiger partial charge in [0.15, 0.2) is 0 Å². The molecule has 2 aromatic carbocycles. The van der Waals surface area contributed by atoms with Crippen LogP contribution in [0.4, 0.5) is 5.69 Å². The van der Waals surface area contributed by atoms with Crippen molar-refractivity contribution >= 4 is 17.5 Å². The zero-order valence-electron chi connectivity index (χ0n) is 13.9. The Morgan fingerprint density at radius 3 is 2.73 bits per heavy atom. The number of amides is 2. The highest BCUT2D eigenvalue weighted by molar-refractivity contribution is 6.07. The Bertz CT molecular complexity index is 986. The van der Waals surface area contributed by atoms with E-state index in [9.17, 15) is 9.59 Å². The second-order valence-electron chi connectivity index (χ2n) is 6.09. The molecule has 0 saturated carbocycles. The zero-order valence-corrected chi connectivity index (χ0v) is 13.9. The van der Waals surface area contributed by atoms with Crippen LogP contribution in [-0.2, 0) is 13.0 Å². The number of anilines is 1. The maximum Gasteiger partial charge on any atom is 0.255 e. The SMILES string of the molecule is O=C(NCc1cncnc1)c1ccc2c(c1)NC(=O)c1ccccc1C2. The first kappa shape index (κ1) is 16.0. The Morgan fingerprint density at radius 1 is 1.08 bits per heavy atom. The van der Waals surface area contributed by atoms with Crippen molar-refractivity contribution in [2.75, 3.05) is 5.32 Å². The van der Waals surface area contributed by atoms with Gasteiger partial charge in [-0.25, -0.2) is 9.97 Å². The van der Waals surface area contributed by atoms with E-state index in [0.717, 1.165) is 16.7 Å². The fourth-order valence-corrected chi connectivity index (χ4v) is 2.98. The molecule has 3 aromatic rings. The van der Waals surface area contributed by atoms with Gasteiger partial charge in [-0.2, -0.15) is 0 Å². The molecule has 0 spiro atoms. The molecule has 0 saturated heterocycles. The third kappa shape index (κ3) is 3.17. The second-order valence-corrected chi connectivity index (χ2v) is 6.09. The van der Waals surface area contributed by atoms with Gasteiger partial charge in [0.1, 0.15) is 6.33 Å². The van der Waals surface area contributed by atoms with Gasteiger partial charge in [-0.15, -0.1) is 0 Å². The number of benzene rings is 2. The summed E-state index contributed by atoms with van der Waals surface area (Å²) in [6.45, 7) is 0.342. The minimum absolute atomic E-state index is 0.154. The number of nitrogens with one attached hydrogen (secondary N) is 2. The summed E-state index contributed by atoms with van der Waals surface area (Å²) in [5, 5.41) is 5.74. The lowest BCUT2D eigenvalue weighted by atomic mass is 9.99. The summed E-state index contributed by atoms with van der Waals surface area (Å²) in [6, 6.07) is 12.9. The molecule has 2 heterocycles. The number of carbonyl (C=O) groups is 2. The molecule has 0 atom stereocenters. The fourth-order valence-electron chi connectivity index (χ4n) is 2.98. The molecule has 2 amide bonds. The van der Waals surface area contributed by atoms with E-state index in [-0.39, 0.29) is 11.8 Å². The summed E-state index contributed by atoms with van der Waals surface area (Å²) >= 11 is 0. The standard InChI is InChI=1S/C20H16N4O2/c25-19(23-11-13-9-21-12-22-10-13)16-6-5-15-7-14-3-1-2-4-17(14)20(26)24-18(15)8-16/h1-6,8-10,12H,7,11H2,(H,23,25)(H,24,26).